The van der Waals surface area contributed by atoms with Crippen LogP contribution in [-0.2, 0) is 0 Å². The number of hydrogen-bond acceptors (Lipinski definition) is 2. The van der Waals surface area contributed by atoms with E-state index in [-0.39, 0.29) is 11.3 Å². The molecule has 0 saturated heterocycles. The number of rotatable bonds is 5. The van der Waals surface area contributed by atoms with Crippen molar-refractivity contribution in [1.29, 1.82) is 0 Å². The van der Waals surface area contributed by atoms with Gasteiger partial charge in [-0.05, 0) is 83.1 Å². The van der Waals surface area contributed by atoms with Crippen molar-refractivity contribution in [3.63, 3.8) is 0 Å². The molecule has 136 valence electrons. The smallest absolute Gasteiger partial charge is 0.255 e. The third kappa shape index (κ3) is 5.67. The summed E-state index contributed by atoms with van der Waals surface area (Å²) in [6.45, 7) is 12.4. The van der Waals surface area contributed by atoms with Gasteiger partial charge in [0.05, 0.1) is 0 Å². The molecule has 1 amide bonds. The molecule has 2 rings (SSSR count). The van der Waals surface area contributed by atoms with E-state index < -0.39 is 0 Å². The molecule has 0 bridgehead atoms. The average molecular weight is 348 g/mol. The maximum absolute atomic E-state index is 12.4. The Morgan fingerprint density at radius 2 is 1.54 bits per heavy atom. The number of benzene rings is 2. The SMILES string of the molecule is CCN(CC)c1ccc(NC(=O)c2ccc(C#CC(C)(C)C)cc2)cc1. The molecule has 0 aliphatic heterocycles. The normalized spacial score (nSPS) is 10.7. The van der Waals surface area contributed by atoms with Crippen molar-refractivity contribution >= 4 is 17.3 Å². The number of hydrogen-bond donors (Lipinski definition) is 1. The van der Waals surface area contributed by atoms with Crippen LogP contribution >= 0.6 is 0 Å². The summed E-state index contributed by atoms with van der Waals surface area (Å²) in [6, 6.07) is 15.3. The van der Waals surface area contributed by atoms with Gasteiger partial charge in [-0.2, -0.15) is 0 Å². The molecule has 26 heavy (non-hydrogen) atoms. The lowest BCUT2D eigenvalue weighted by atomic mass is 9.97. The molecule has 2 aromatic rings. The molecular weight excluding hydrogens is 320 g/mol. The van der Waals surface area contributed by atoms with Gasteiger partial charge in [0, 0.05) is 41.0 Å². The summed E-state index contributed by atoms with van der Waals surface area (Å²) in [6.07, 6.45) is 0. The molecule has 0 atom stereocenters. The lowest BCUT2D eigenvalue weighted by molar-refractivity contribution is 0.102. The van der Waals surface area contributed by atoms with Crippen LogP contribution in [-0.4, -0.2) is 19.0 Å². The van der Waals surface area contributed by atoms with Crippen molar-refractivity contribution in [2.45, 2.75) is 34.6 Å². The molecule has 0 aromatic heterocycles. The van der Waals surface area contributed by atoms with E-state index in [1.54, 1.807) is 0 Å². The summed E-state index contributed by atoms with van der Waals surface area (Å²) in [7, 11) is 0. The third-order valence-corrected chi connectivity index (χ3v) is 3.98. The van der Waals surface area contributed by atoms with Gasteiger partial charge in [0.15, 0.2) is 0 Å². The van der Waals surface area contributed by atoms with Crippen LogP contribution in [0.1, 0.15) is 50.5 Å². The lowest BCUT2D eigenvalue weighted by Gasteiger charge is -2.21. The first-order valence-electron chi connectivity index (χ1n) is 9.12. The Kier molecular flexibility index (Phi) is 6.46. The molecule has 0 aliphatic carbocycles. The number of carbonyl (C=O) groups is 1. The highest BCUT2D eigenvalue weighted by Gasteiger charge is 2.07. The summed E-state index contributed by atoms with van der Waals surface area (Å²) < 4.78 is 0. The van der Waals surface area contributed by atoms with Crippen LogP contribution in [0.2, 0.25) is 0 Å². The van der Waals surface area contributed by atoms with Crippen LogP contribution in [0, 0.1) is 17.3 Å². The number of amides is 1. The van der Waals surface area contributed by atoms with E-state index in [1.165, 1.54) is 0 Å². The summed E-state index contributed by atoms with van der Waals surface area (Å²) >= 11 is 0. The molecule has 3 nitrogen and oxygen atoms in total. The van der Waals surface area contributed by atoms with E-state index in [0.717, 1.165) is 30.0 Å². The van der Waals surface area contributed by atoms with Gasteiger partial charge in [-0.15, -0.1) is 0 Å². The van der Waals surface area contributed by atoms with Crippen molar-refractivity contribution < 1.29 is 4.79 Å². The van der Waals surface area contributed by atoms with Gasteiger partial charge >= 0.3 is 0 Å². The second-order valence-corrected chi connectivity index (χ2v) is 7.25. The molecule has 0 spiro atoms. The summed E-state index contributed by atoms with van der Waals surface area (Å²) in [5.41, 5.74) is 3.46. The van der Waals surface area contributed by atoms with Crippen molar-refractivity contribution in [3.8, 4) is 11.8 Å². The maximum atomic E-state index is 12.4. The van der Waals surface area contributed by atoms with E-state index in [2.05, 4.69) is 56.7 Å². The molecule has 3 heteroatoms. The maximum Gasteiger partial charge on any atom is 0.255 e. The van der Waals surface area contributed by atoms with Crippen LogP contribution in [0.5, 0.6) is 0 Å². The van der Waals surface area contributed by atoms with Gasteiger partial charge in [0.25, 0.3) is 5.91 Å². The van der Waals surface area contributed by atoms with E-state index >= 15 is 0 Å². The van der Waals surface area contributed by atoms with Gasteiger partial charge in [0.1, 0.15) is 0 Å². The highest BCUT2D eigenvalue weighted by molar-refractivity contribution is 6.04. The van der Waals surface area contributed by atoms with E-state index in [0.29, 0.717) is 5.56 Å². The van der Waals surface area contributed by atoms with Crippen molar-refractivity contribution in [2.75, 3.05) is 23.3 Å². The fraction of sp³-hybridized carbons (Fsp3) is 0.348. The molecular formula is C23H28N2O. The van der Waals surface area contributed by atoms with Crippen molar-refractivity contribution in [1.82, 2.24) is 0 Å². The zero-order chi connectivity index (χ0) is 19.2. The minimum atomic E-state index is -0.115. The number of nitrogens with one attached hydrogen (secondary N) is 1. The lowest BCUT2D eigenvalue weighted by Crippen LogP contribution is -2.21. The molecule has 0 unspecified atom stereocenters. The summed E-state index contributed by atoms with van der Waals surface area (Å²) in [5, 5.41) is 2.94. The molecule has 1 N–H and O–H groups in total. The second kappa shape index (κ2) is 8.58. The third-order valence-electron chi connectivity index (χ3n) is 3.98. The van der Waals surface area contributed by atoms with Gasteiger partial charge in [0.2, 0.25) is 0 Å². The minimum absolute atomic E-state index is 0.0344. The Balaban J connectivity index is 2.04. The van der Waals surface area contributed by atoms with Crippen LogP contribution in [0.15, 0.2) is 48.5 Å². The Morgan fingerprint density at radius 1 is 0.962 bits per heavy atom. The molecule has 0 saturated carbocycles. The molecule has 2 aromatic carbocycles. The van der Waals surface area contributed by atoms with E-state index in [9.17, 15) is 4.79 Å². The monoisotopic (exact) mass is 348 g/mol. The van der Waals surface area contributed by atoms with Gasteiger partial charge in [-0.3, -0.25) is 4.79 Å². The van der Waals surface area contributed by atoms with Crippen LogP contribution in [0.25, 0.3) is 0 Å². The molecule has 0 aliphatic rings. The van der Waals surface area contributed by atoms with E-state index in [1.807, 2.05) is 48.5 Å². The summed E-state index contributed by atoms with van der Waals surface area (Å²) in [5.74, 6) is 6.22. The highest BCUT2D eigenvalue weighted by Crippen LogP contribution is 2.18. The topological polar surface area (TPSA) is 32.3 Å². The highest BCUT2D eigenvalue weighted by atomic mass is 16.1. The van der Waals surface area contributed by atoms with Crippen LogP contribution in [0.4, 0.5) is 11.4 Å². The number of anilines is 2. The average Bonchev–Trinajstić information content (AvgIpc) is 2.62. The predicted molar refractivity (Wildman–Crippen MR) is 111 cm³/mol. The zero-order valence-electron chi connectivity index (χ0n) is 16.4. The quantitative estimate of drug-likeness (QED) is 0.755. The van der Waals surface area contributed by atoms with Crippen molar-refractivity contribution in [2.24, 2.45) is 5.41 Å². The van der Waals surface area contributed by atoms with Crippen LogP contribution in [0.3, 0.4) is 0 Å². The van der Waals surface area contributed by atoms with Gasteiger partial charge in [-0.25, -0.2) is 0 Å². The standard InChI is InChI=1S/C23H28N2O/c1-6-25(7-2)21-14-12-20(13-15-21)24-22(26)19-10-8-18(9-11-19)16-17-23(3,4)5/h8-15H,6-7H2,1-5H3,(H,24,26). The number of carbonyl (C=O) groups excluding carboxylic acids is 1. The fourth-order valence-corrected chi connectivity index (χ4v) is 2.51. The Bertz CT molecular complexity index is 783. The Morgan fingerprint density at radius 3 is 2.04 bits per heavy atom. The first kappa shape index (κ1) is 19.6. The fourth-order valence-electron chi connectivity index (χ4n) is 2.51. The zero-order valence-corrected chi connectivity index (χ0v) is 16.4. The minimum Gasteiger partial charge on any atom is -0.372 e. The summed E-state index contributed by atoms with van der Waals surface area (Å²) in [4.78, 5) is 14.7. The predicted octanol–water partition coefficient (Wildman–Crippen LogP) is 5.18. The van der Waals surface area contributed by atoms with Gasteiger partial charge < -0.3 is 10.2 Å². The van der Waals surface area contributed by atoms with Crippen LogP contribution < -0.4 is 10.2 Å². The molecule has 0 radical (unpaired) electrons. The molecule has 0 fully saturated rings. The Labute approximate surface area is 157 Å². The van der Waals surface area contributed by atoms with E-state index in [4.69, 9.17) is 0 Å². The first-order valence-corrected chi connectivity index (χ1v) is 9.12. The van der Waals surface area contributed by atoms with Gasteiger partial charge in [-0.1, -0.05) is 11.8 Å². The molecule has 0 heterocycles. The number of nitrogens with zero attached hydrogens (tertiary/aromatic N) is 1. The largest absolute Gasteiger partial charge is 0.372 e. The second-order valence-electron chi connectivity index (χ2n) is 7.25. The Hall–Kier alpha value is -2.73. The van der Waals surface area contributed by atoms with Crippen molar-refractivity contribution in [3.05, 3.63) is 59.7 Å². The first-order chi connectivity index (χ1) is 12.3.